The molecule has 0 bridgehead atoms. The molecule has 27 heavy (non-hydrogen) atoms. The summed E-state index contributed by atoms with van der Waals surface area (Å²) in [6.45, 7) is 4.19. The van der Waals surface area contributed by atoms with Gasteiger partial charge in [0.1, 0.15) is 5.75 Å². The Morgan fingerprint density at radius 2 is 1.30 bits per heavy atom. The fourth-order valence-electron chi connectivity index (χ4n) is 3.41. The Morgan fingerprint density at radius 1 is 0.630 bits per heavy atom. The first-order chi connectivity index (χ1) is 13.2. The van der Waals surface area contributed by atoms with Gasteiger partial charge in [0.15, 0.2) is 0 Å². The standard InChI is InChI=1S/C25H23NO/c1-18-8-12-22(13-9-18)26(24-15-10-19(2)16-25(24)27-3)23-14-11-20-6-4-5-7-21(20)17-23/h4-17H,1-3H3. The summed E-state index contributed by atoms with van der Waals surface area (Å²) in [7, 11) is 1.73. The molecule has 2 heteroatoms. The number of anilines is 3. The number of benzene rings is 4. The van der Waals surface area contributed by atoms with Crippen LogP contribution in [0.4, 0.5) is 17.1 Å². The van der Waals surface area contributed by atoms with Crippen LogP contribution < -0.4 is 9.64 Å². The van der Waals surface area contributed by atoms with Gasteiger partial charge in [-0.15, -0.1) is 0 Å². The summed E-state index contributed by atoms with van der Waals surface area (Å²) in [6.07, 6.45) is 0. The highest BCUT2D eigenvalue weighted by atomic mass is 16.5. The van der Waals surface area contributed by atoms with Crippen molar-refractivity contribution in [2.45, 2.75) is 13.8 Å². The molecule has 0 amide bonds. The topological polar surface area (TPSA) is 12.5 Å². The lowest BCUT2D eigenvalue weighted by atomic mass is 10.1. The molecule has 0 saturated heterocycles. The quantitative estimate of drug-likeness (QED) is 0.394. The molecule has 0 aliphatic heterocycles. The zero-order valence-electron chi connectivity index (χ0n) is 15.9. The van der Waals surface area contributed by atoms with Crippen molar-refractivity contribution in [1.82, 2.24) is 0 Å². The van der Waals surface area contributed by atoms with Crippen LogP contribution in [0, 0.1) is 13.8 Å². The van der Waals surface area contributed by atoms with E-state index in [4.69, 9.17) is 4.74 Å². The summed E-state index contributed by atoms with van der Waals surface area (Å²) >= 11 is 0. The van der Waals surface area contributed by atoms with E-state index in [1.54, 1.807) is 7.11 Å². The number of hydrogen-bond acceptors (Lipinski definition) is 2. The van der Waals surface area contributed by atoms with Crippen molar-refractivity contribution in [2.75, 3.05) is 12.0 Å². The van der Waals surface area contributed by atoms with E-state index in [-0.39, 0.29) is 0 Å². The molecule has 0 spiro atoms. The van der Waals surface area contributed by atoms with Crippen molar-refractivity contribution in [3.8, 4) is 5.75 Å². The minimum Gasteiger partial charge on any atom is -0.495 e. The van der Waals surface area contributed by atoms with Crippen molar-refractivity contribution < 1.29 is 4.74 Å². The van der Waals surface area contributed by atoms with Crippen molar-refractivity contribution in [1.29, 1.82) is 0 Å². The second-order valence-corrected chi connectivity index (χ2v) is 6.88. The van der Waals surface area contributed by atoms with Gasteiger partial charge in [-0.2, -0.15) is 0 Å². The van der Waals surface area contributed by atoms with Gasteiger partial charge in [-0.25, -0.2) is 0 Å². The van der Waals surface area contributed by atoms with Gasteiger partial charge in [-0.3, -0.25) is 0 Å². The highest BCUT2D eigenvalue weighted by Gasteiger charge is 2.17. The molecule has 0 heterocycles. The minimum absolute atomic E-state index is 0.865. The molecule has 4 aromatic carbocycles. The predicted molar refractivity (Wildman–Crippen MR) is 115 cm³/mol. The van der Waals surface area contributed by atoms with E-state index in [9.17, 15) is 0 Å². The molecule has 0 aromatic heterocycles. The maximum atomic E-state index is 5.72. The Labute approximate surface area is 160 Å². The Balaban J connectivity index is 1.94. The van der Waals surface area contributed by atoms with Gasteiger partial charge < -0.3 is 9.64 Å². The minimum atomic E-state index is 0.865. The third-order valence-electron chi connectivity index (χ3n) is 4.86. The summed E-state index contributed by atoms with van der Waals surface area (Å²) in [4.78, 5) is 2.25. The van der Waals surface area contributed by atoms with Gasteiger partial charge in [-0.1, -0.05) is 54.1 Å². The second kappa shape index (κ2) is 7.16. The first-order valence-electron chi connectivity index (χ1n) is 9.16. The van der Waals surface area contributed by atoms with E-state index in [1.165, 1.54) is 21.9 Å². The predicted octanol–water partition coefficient (Wildman–Crippen LogP) is 6.94. The molecule has 4 aromatic rings. The molecular formula is C25H23NO. The molecule has 2 nitrogen and oxygen atoms in total. The van der Waals surface area contributed by atoms with Crippen LogP contribution in [0.2, 0.25) is 0 Å². The molecular weight excluding hydrogens is 330 g/mol. The van der Waals surface area contributed by atoms with Gasteiger partial charge in [0.2, 0.25) is 0 Å². The number of hydrogen-bond donors (Lipinski definition) is 0. The van der Waals surface area contributed by atoms with Crippen LogP contribution in [0.15, 0.2) is 84.9 Å². The van der Waals surface area contributed by atoms with Gasteiger partial charge in [0, 0.05) is 11.4 Å². The third kappa shape index (κ3) is 3.39. The van der Waals surface area contributed by atoms with Crippen LogP contribution in [0.25, 0.3) is 10.8 Å². The highest BCUT2D eigenvalue weighted by molar-refractivity contribution is 5.90. The maximum Gasteiger partial charge on any atom is 0.143 e. The molecule has 0 aliphatic rings. The molecule has 0 fully saturated rings. The Morgan fingerprint density at radius 3 is 2.04 bits per heavy atom. The normalized spacial score (nSPS) is 10.8. The van der Waals surface area contributed by atoms with Gasteiger partial charge in [0.25, 0.3) is 0 Å². The summed E-state index contributed by atoms with van der Waals surface area (Å²) in [5, 5.41) is 2.46. The average Bonchev–Trinajstić information content (AvgIpc) is 2.70. The lowest BCUT2D eigenvalue weighted by Crippen LogP contribution is -2.11. The summed E-state index contributed by atoms with van der Waals surface area (Å²) in [6, 6.07) is 29.9. The fourth-order valence-corrected chi connectivity index (χ4v) is 3.41. The third-order valence-corrected chi connectivity index (χ3v) is 4.86. The molecule has 4 rings (SSSR count). The van der Waals surface area contributed by atoms with Crippen LogP contribution in [0.1, 0.15) is 11.1 Å². The molecule has 0 aliphatic carbocycles. The van der Waals surface area contributed by atoms with E-state index < -0.39 is 0 Å². The van der Waals surface area contributed by atoms with Crippen molar-refractivity contribution in [3.63, 3.8) is 0 Å². The number of rotatable bonds is 4. The van der Waals surface area contributed by atoms with Crippen molar-refractivity contribution >= 4 is 27.8 Å². The number of nitrogens with zero attached hydrogens (tertiary/aromatic N) is 1. The van der Waals surface area contributed by atoms with Gasteiger partial charge in [-0.05, 0) is 66.6 Å². The van der Waals surface area contributed by atoms with E-state index in [1.807, 2.05) is 0 Å². The lowest BCUT2D eigenvalue weighted by Gasteiger charge is -2.27. The molecule has 0 atom stereocenters. The van der Waals surface area contributed by atoms with Crippen molar-refractivity contribution in [3.05, 3.63) is 96.1 Å². The summed E-state index contributed by atoms with van der Waals surface area (Å²) < 4.78 is 5.72. The van der Waals surface area contributed by atoms with Crippen molar-refractivity contribution in [2.24, 2.45) is 0 Å². The Hall–Kier alpha value is -3.26. The van der Waals surface area contributed by atoms with Crippen LogP contribution in [-0.2, 0) is 0 Å². The van der Waals surface area contributed by atoms with E-state index >= 15 is 0 Å². The number of aryl methyl sites for hydroxylation is 2. The Bertz CT molecular complexity index is 1080. The maximum absolute atomic E-state index is 5.72. The molecule has 0 radical (unpaired) electrons. The van der Waals surface area contributed by atoms with Crippen LogP contribution in [0.3, 0.4) is 0 Å². The van der Waals surface area contributed by atoms with Gasteiger partial charge >= 0.3 is 0 Å². The van der Waals surface area contributed by atoms with Crippen LogP contribution in [0.5, 0.6) is 5.75 Å². The molecule has 0 saturated carbocycles. The highest BCUT2D eigenvalue weighted by Crippen LogP contribution is 2.41. The first-order valence-corrected chi connectivity index (χ1v) is 9.16. The average molecular weight is 353 g/mol. The second-order valence-electron chi connectivity index (χ2n) is 6.88. The zero-order chi connectivity index (χ0) is 18.8. The van der Waals surface area contributed by atoms with E-state index in [0.717, 1.165) is 22.8 Å². The van der Waals surface area contributed by atoms with Crippen LogP contribution in [-0.4, -0.2) is 7.11 Å². The summed E-state index contributed by atoms with van der Waals surface area (Å²) in [5.41, 5.74) is 5.67. The molecule has 0 unspecified atom stereocenters. The van der Waals surface area contributed by atoms with Crippen LogP contribution >= 0.6 is 0 Å². The number of ether oxygens (including phenoxy) is 1. The summed E-state index contributed by atoms with van der Waals surface area (Å²) in [5.74, 6) is 0.865. The largest absolute Gasteiger partial charge is 0.495 e. The first kappa shape index (κ1) is 17.2. The molecule has 134 valence electrons. The monoisotopic (exact) mass is 353 g/mol. The van der Waals surface area contributed by atoms with E-state index in [0.29, 0.717) is 0 Å². The van der Waals surface area contributed by atoms with E-state index in [2.05, 4.69) is 104 Å². The Kier molecular flexibility index (Phi) is 4.55. The lowest BCUT2D eigenvalue weighted by molar-refractivity contribution is 0.415. The fraction of sp³-hybridized carbons (Fsp3) is 0.120. The zero-order valence-corrected chi connectivity index (χ0v) is 15.9. The number of methoxy groups -OCH3 is 1. The molecule has 0 N–H and O–H groups in total. The van der Waals surface area contributed by atoms with Gasteiger partial charge in [0.05, 0.1) is 12.8 Å². The smallest absolute Gasteiger partial charge is 0.143 e. The number of fused-ring (bicyclic) bond motifs is 1. The SMILES string of the molecule is COc1cc(C)ccc1N(c1ccc(C)cc1)c1ccc2ccccc2c1.